The molecule has 0 saturated heterocycles. The number of H-pyrrole nitrogens is 1. The predicted octanol–water partition coefficient (Wildman–Crippen LogP) is 5.29. The van der Waals surface area contributed by atoms with Crippen LogP contribution in [0.1, 0.15) is 17.5 Å². The van der Waals surface area contributed by atoms with E-state index in [1.807, 2.05) is 24.4 Å². The number of aromatic nitrogens is 3. The molecule has 1 amide bonds. The largest absolute Gasteiger partial charge is 0.361 e. The van der Waals surface area contributed by atoms with E-state index in [1.54, 1.807) is 35.1 Å². The summed E-state index contributed by atoms with van der Waals surface area (Å²) in [5.74, 6) is 0.539. The van der Waals surface area contributed by atoms with Crippen molar-refractivity contribution in [1.29, 1.82) is 0 Å². The molecule has 0 fully saturated rings. The normalized spacial score (nSPS) is 11.1. The Morgan fingerprint density at radius 3 is 2.68 bits per heavy atom. The van der Waals surface area contributed by atoms with E-state index in [1.165, 1.54) is 0 Å². The van der Waals surface area contributed by atoms with Crippen LogP contribution >= 0.6 is 23.2 Å². The molecule has 4 aromatic rings. The molecule has 142 valence electrons. The van der Waals surface area contributed by atoms with Crippen LogP contribution in [-0.2, 0) is 17.8 Å². The fourth-order valence-electron chi connectivity index (χ4n) is 3.19. The van der Waals surface area contributed by atoms with Crippen LogP contribution in [0.25, 0.3) is 10.9 Å². The maximum absolute atomic E-state index is 12.5. The highest BCUT2D eigenvalue weighted by molar-refractivity contribution is 6.36. The van der Waals surface area contributed by atoms with Gasteiger partial charge in [-0.05, 0) is 30.2 Å². The van der Waals surface area contributed by atoms with Crippen molar-refractivity contribution in [2.45, 2.75) is 19.4 Å². The number of fused-ring (bicyclic) bond motifs is 1. The Labute approximate surface area is 172 Å². The molecule has 0 atom stereocenters. The number of aromatic amines is 1. The maximum Gasteiger partial charge on any atom is 0.225 e. The van der Waals surface area contributed by atoms with Crippen LogP contribution in [0.3, 0.4) is 0 Å². The van der Waals surface area contributed by atoms with Gasteiger partial charge in [-0.2, -0.15) is 5.10 Å². The third-order valence-electron chi connectivity index (χ3n) is 4.65. The van der Waals surface area contributed by atoms with E-state index < -0.39 is 0 Å². The molecule has 2 heterocycles. The number of nitrogens with one attached hydrogen (secondary N) is 2. The first-order chi connectivity index (χ1) is 13.6. The highest BCUT2D eigenvalue weighted by atomic mass is 35.5. The van der Waals surface area contributed by atoms with Gasteiger partial charge in [-0.15, -0.1) is 0 Å². The van der Waals surface area contributed by atoms with E-state index in [0.717, 1.165) is 22.0 Å². The first-order valence-corrected chi connectivity index (χ1v) is 9.67. The lowest BCUT2D eigenvalue weighted by atomic mass is 10.1. The lowest BCUT2D eigenvalue weighted by Crippen LogP contribution is -2.16. The quantitative estimate of drug-likeness (QED) is 0.451. The second kappa shape index (κ2) is 8.09. The van der Waals surface area contributed by atoms with E-state index in [0.29, 0.717) is 35.2 Å². The lowest BCUT2D eigenvalue weighted by molar-refractivity contribution is -0.116. The monoisotopic (exact) mass is 412 g/mol. The molecule has 0 unspecified atom stereocenters. The molecule has 0 spiro atoms. The van der Waals surface area contributed by atoms with Crippen molar-refractivity contribution in [1.82, 2.24) is 14.8 Å². The fourth-order valence-corrected chi connectivity index (χ4v) is 3.71. The first kappa shape index (κ1) is 18.6. The van der Waals surface area contributed by atoms with Crippen LogP contribution in [0.15, 0.2) is 60.9 Å². The SMILES string of the molecule is O=C(CCc1c[nH]c2ccccc12)Nc1ccnn1Cc1c(Cl)cccc1Cl. The summed E-state index contributed by atoms with van der Waals surface area (Å²) in [6.07, 6.45) is 4.63. The Balaban J connectivity index is 1.42. The van der Waals surface area contributed by atoms with E-state index in [-0.39, 0.29) is 5.91 Å². The molecule has 7 heteroatoms. The number of aryl methyl sites for hydroxylation is 1. The molecular weight excluding hydrogens is 395 g/mol. The van der Waals surface area contributed by atoms with Crippen LogP contribution in [-0.4, -0.2) is 20.7 Å². The van der Waals surface area contributed by atoms with Gasteiger partial charge in [0.25, 0.3) is 0 Å². The lowest BCUT2D eigenvalue weighted by Gasteiger charge is -2.11. The maximum atomic E-state index is 12.5. The molecule has 2 aromatic carbocycles. The molecule has 2 N–H and O–H groups in total. The number of hydrogen-bond donors (Lipinski definition) is 2. The van der Waals surface area contributed by atoms with Gasteiger partial charge in [-0.3, -0.25) is 4.79 Å². The van der Waals surface area contributed by atoms with Crippen LogP contribution < -0.4 is 5.32 Å². The summed E-state index contributed by atoms with van der Waals surface area (Å²) in [4.78, 5) is 15.7. The summed E-state index contributed by atoms with van der Waals surface area (Å²) in [7, 11) is 0. The zero-order valence-corrected chi connectivity index (χ0v) is 16.5. The number of benzene rings is 2. The number of anilines is 1. The van der Waals surface area contributed by atoms with Gasteiger partial charge in [0.1, 0.15) is 5.82 Å². The Hall–Kier alpha value is -2.76. The van der Waals surface area contributed by atoms with Gasteiger partial charge >= 0.3 is 0 Å². The number of hydrogen-bond acceptors (Lipinski definition) is 2. The molecule has 0 aliphatic carbocycles. The van der Waals surface area contributed by atoms with Gasteiger partial charge in [0, 0.05) is 45.2 Å². The van der Waals surface area contributed by atoms with Gasteiger partial charge < -0.3 is 10.3 Å². The minimum Gasteiger partial charge on any atom is -0.361 e. The van der Waals surface area contributed by atoms with Gasteiger partial charge in [0.15, 0.2) is 0 Å². The van der Waals surface area contributed by atoms with Gasteiger partial charge in [0.2, 0.25) is 5.91 Å². The fraction of sp³-hybridized carbons (Fsp3) is 0.143. The Kier molecular flexibility index (Phi) is 5.37. The van der Waals surface area contributed by atoms with E-state index in [2.05, 4.69) is 21.5 Å². The molecule has 0 saturated carbocycles. The van der Waals surface area contributed by atoms with Gasteiger partial charge in [-0.25, -0.2) is 4.68 Å². The van der Waals surface area contributed by atoms with Crippen LogP contribution in [0, 0.1) is 0 Å². The number of rotatable bonds is 6. The minimum atomic E-state index is -0.0720. The highest BCUT2D eigenvalue weighted by Crippen LogP contribution is 2.26. The van der Waals surface area contributed by atoms with Crippen LogP contribution in [0.2, 0.25) is 10.0 Å². The Bertz CT molecular complexity index is 1110. The van der Waals surface area contributed by atoms with Crippen molar-refractivity contribution in [2.24, 2.45) is 0 Å². The molecule has 28 heavy (non-hydrogen) atoms. The number of amides is 1. The molecule has 0 bridgehead atoms. The number of halogens is 2. The topological polar surface area (TPSA) is 62.7 Å². The van der Waals surface area contributed by atoms with Crippen molar-refractivity contribution in [3.8, 4) is 0 Å². The Morgan fingerprint density at radius 1 is 1.07 bits per heavy atom. The zero-order chi connectivity index (χ0) is 19.5. The number of carbonyl (C=O) groups excluding carboxylic acids is 1. The minimum absolute atomic E-state index is 0.0720. The average molecular weight is 413 g/mol. The van der Waals surface area contributed by atoms with Crippen molar-refractivity contribution in [2.75, 3.05) is 5.32 Å². The molecule has 2 aromatic heterocycles. The summed E-state index contributed by atoms with van der Waals surface area (Å²) in [5.41, 5.74) is 2.97. The van der Waals surface area contributed by atoms with Gasteiger partial charge in [-0.1, -0.05) is 47.5 Å². The van der Waals surface area contributed by atoms with Crippen molar-refractivity contribution >= 4 is 45.8 Å². The molecule has 5 nitrogen and oxygen atoms in total. The van der Waals surface area contributed by atoms with Crippen LogP contribution in [0.5, 0.6) is 0 Å². The van der Waals surface area contributed by atoms with Crippen molar-refractivity contribution in [3.05, 3.63) is 82.1 Å². The van der Waals surface area contributed by atoms with Crippen molar-refractivity contribution in [3.63, 3.8) is 0 Å². The molecule has 4 rings (SSSR count). The van der Waals surface area contributed by atoms with Crippen LogP contribution in [0.4, 0.5) is 5.82 Å². The highest BCUT2D eigenvalue weighted by Gasteiger charge is 2.12. The number of para-hydroxylation sites is 1. The van der Waals surface area contributed by atoms with E-state index in [9.17, 15) is 4.79 Å². The number of carbonyl (C=O) groups is 1. The second-order valence-corrected chi connectivity index (χ2v) is 7.30. The summed E-state index contributed by atoms with van der Waals surface area (Å²) in [5, 5.41) is 9.49. The average Bonchev–Trinajstić information content (AvgIpc) is 3.30. The van der Waals surface area contributed by atoms with E-state index in [4.69, 9.17) is 23.2 Å². The first-order valence-electron chi connectivity index (χ1n) is 8.91. The Morgan fingerprint density at radius 2 is 1.86 bits per heavy atom. The molecule has 0 radical (unpaired) electrons. The molecular formula is C21H18Cl2N4O. The zero-order valence-electron chi connectivity index (χ0n) is 15.0. The standard InChI is InChI=1S/C21H18Cl2N4O/c22-17-5-3-6-18(23)16(17)13-27-20(10-11-25-27)26-21(28)9-8-14-12-24-19-7-2-1-4-15(14)19/h1-7,10-12,24H,8-9,13H2,(H,26,28). The summed E-state index contributed by atoms with van der Waals surface area (Å²) >= 11 is 12.5. The molecule has 0 aliphatic heterocycles. The second-order valence-electron chi connectivity index (χ2n) is 6.48. The summed E-state index contributed by atoms with van der Waals surface area (Å²) < 4.78 is 1.68. The summed E-state index contributed by atoms with van der Waals surface area (Å²) in [6.45, 7) is 0.379. The molecule has 0 aliphatic rings. The van der Waals surface area contributed by atoms with E-state index >= 15 is 0 Å². The third kappa shape index (κ3) is 3.91. The third-order valence-corrected chi connectivity index (χ3v) is 5.36. The smallest absolute Gasteiger partial charge is 0.225 e. The number of nitrogens with zero attached hydrogens (tertiary/aromatic N) is 2. The van der Waals surface area contributed by atoms with Crippen molar-refractivity contribution < 1.29 is 4.79 Å². The predicted molar refractivity (Wildman–Crippen MR) is 113 cm³/mol. The summed E-state index contributed by atoms with van der Waals surface area (Å²) in [6, 6.07) is 15.2. The van der Waals surface area contributed by atoms with Gasteiger partial charge in [0.05, 0.1) is 12.7 Å².